The maximum absolute atomic E-state index is 10.4. The molecule has 12 heavy (non-hydrogen) atoms. The molecule has 0 unspecified atom stereocenters. The van der Waals surface area contributed by atoms with E-state index < -0.39 is 0 Å². The van der Waals surface area contributed by atoms with Gasteiger partial charge in [-0.2, -0.15) is 0 Å². The lowest BCUT2D eigenvalue weighted by Crippen LogP contribution is -2.34. The molecule has 64 valence electrons. The molecular formula is C9H13N2O+. The summed E-state index contributed by atoms with van der Waals surface area (Å²) in [6.45, 7) is 2.69. The highest BCUT2D eigenvalue weighted by Gasteiger charge is 2.01. The molecule has 0 aliphatic heterocycles. The van der Waals surface area contributed by atoms with Crippen molar-refractivity contribution in [1.29, 1.82) is 0 Å². The van der Waals surface area contributed by atoms with E-state index in [2.05, 4.69) is 0 Å². The van der Waals surface area contributed by atoms with Gasteiger partial charge in [-0.25, -0.2) is 4.57 Å². The van der Waals surface area contributed by atoms with E-state index in [0.717, 1.165) is 0 Å². The van der Waals surface area contributed by atoms with Crippen molar-refractivity contribution in [2.24, 2.45) is 5.73 Å². The van der Waals surface area contributed by atoms with Gasteiger partial charge in [-0.3, -0.25) is 4.79 Å². The number of nitrogens with zero attached hydrogens (tertiary/aromatic N) is 1. The van der Waals surface area contributed by atoms with Crippen LogP contribution < -0.4 is 10.3 Å². The van der Waals surface area contributed by atoms with Crippen LogP contribution in [0.3, 0.4) is 0 Å². The summed E-state index contributed by atoms with van der Waals surface area (Å²) < 4.78 is 1.94. The normalized spacial score (nSPS) is 9.75. The van der Waals surface area contributed by atoms with Gasteiger partial charge in [0.05, 0.1) is 6.42 Å². The molecule has 3 heteroatoms. The first-order chi connectivity index (χ1) is 5.68. The van der Waals surface area contributed by atoms with E-state index in [1.807, 2.05) is 36.0 Å². The third-order valence-corrected chi connectivity index (χ3v) is 1.67. The molecule has 2 N–H and O–H groups in total. The van der Waals surface area contributed by atoms with E-state index in [1.165, 1.54) is 5.56 Å². The van der Waals surface area contributed by atoms with Crippen LogP contribution in [0.1, 0.15) is 12.0 Å². The number of hydrogen-bond donors (Lipinski definition) is 1. The Morgan fingerprint density at radius 3 is 2.58 bits per heavy atom. The third kappa shape index (κ3) is 2.70. The van der Waals surface area contributed by atoms with Crippen molar-refractivity contribution in [2.75, 3.05) is 0 Å². The lowest BCUT2D eigenvalue weighted by molar-refractivity contribution is -0.695. The average Bonchev–Trinajstić information content (AvgIpc) is 2.03. The van der Waals surface area contributed by atoms with E-state index in [4.69, 9.17) is 5.73 Å². The molecule has 0 fully saturated rings. The molecular weight excluding hydrogens is 152 g/mol. The van der Waals surface area contributed by atoms with Gasteiger partial charge in [-0.1, -0.05) is 0 Å². The zero-order chi connectivity index (χ0) is 8.97. The van der Waals surface area contributed by atoms with E-state index >= 15 is 0 Å². The van der Waals surface area contributed by atoms with Gasteiger partial charge in [0.2, 0.25) is 5.91 Å². The van der Waals surface area contributed by atoms with E-state index in [9.17, 15) is 4.79 Å². The standard InChI is InChI=1S/C9H12N2O/c1-8-2-5-11(6-3-8)7-4-9(10)12/h2-3,5-6H,4,7H2,1H3,(H-,10,12)/p+1. The Labute approximate surface area is 71.8 Å². The summed E-state index contributed by atoms with van der Waals surface area (Å²) in [5.74, 6) is -0.261. The number of aryl methyl sites for hydroxylation is 2. The lowest BCUT2D eigenvalue weighted by atomic mass is 10.3. The van der Waals surface area contributed by atoms with Crippen molar-refractivity contribution in [2.45, 2.75) is 19.9 Å². The zero-order valence-electron chi connectivity index (χ0n) is 7.16. The van der Waals surface area contributed by atoms with Crippen LogP contribution in [-0.4, -0.2) is 5.91 Å². The predicted octanol–water partition coefficient (Wildman–Crippen LogP) is 0.158. The van der Waals surface area contributed by atoms with Gasteiger partial charge in [-0.05, 0) is 12.5 Å². The topological polar surface area (TPSA) is 47.0 Å². The highest BCUT2D eigenvalue weighted by atomic mass is 16.1. The monoisotopic (exact) mass is 165 g/mol. The second kappa shape index (κ2) is 3.85. The molecule has 0 saturated heterocycles. The van der Waals surface area contributed by atoms with Gasteiger partial charge >= 0.3 is 0 Å². The van der Waals surface area contributed by atoms with E-state index in [0.29, 0.717) is 13.0 Å². The molecule has 1 aromatic rings. The van der Waals surface area contributed by atoms with Crippen molar-refractivity contribution >= 4 is 5.91 Å². The molecule has 0 saturated carbocycles. The molecule has 3 nitrogen and oxygen atoms in total. The summed E-state index contributed by atoms with van der Waals surface area (Å²) >= 11 is 0. The second-order valence-corrected chi connectivity index (χ2v) is 2.83. The van der Waals surface area contributed by atoms with E-state index in [1.54, 1.807) is 0 Å². The molecule has 0 aromatic carbocycles. The Kier molecular flexibility index (Phi) is 2.80. The summed E-state index contributed by atoms with van der Waals surface area (Å²) in [7, 11) is 0. The zero-order valence-corrected chi connectivity index (χ0v) is 7.16. The fourth-order valence-electron chi connectivity index (χ4n) is 0.920. The molecule has 1 amide bonds. The number of amides is 1. The van der Waals surface area contributed by atoms with Crippen LogP contribution in [0.15, 0.2) is 24.5 Å². The van der Waals surface area contributed by atoms with E-state index in [-0.39, 0.29) is 5.91 Å². The van der Waals surface area contributed by atoms with Gasteiger partial charge in [0.15, 0.2) is 18.9 Å². The average molecular weight is 165 g/mol. The molecule has 0 atom stereocenters. The van der Waals surface area contributed by atoms with Crippen LogP contribution >= 0.6 is 0 Å². The number of aromatic nitrogens is 1. The summed E-state index contributed by atoms with van der Waals surface area (Å²) in [4.78, 5) is 10.4. The fourth-order valence-corrected chi connectivity index (χ4v) is 0.920. The lowest BCUT2D eigenvalue weighted by Gasteiger charge is -1.94. The Morgan fingerprint density at radius 2 is 2.08 bits per heavy atom. The third-order valence-electron chi connectivity index (χ3n) is 1.67. The van der Waals surface area contributed by atoms with Crippen LogP contribution in [0.5, 0.6) is 0 Å². The summed E-state index contributed by atoms with van der Waals surface area (Å²) in [6.07, 6.45) is 4.28. The summed E-state index contributed by atoms with van der Waals surface area (Å²) in [6, 6.07) is 4.00. The molecule has 0 spiro atoms. The van der Waals surface area contributed by atoms with Gasteiger partial charge in [-0.15, -0.1) is 0 Å². The first-order valence-corrected chi connectivity index (χ1v) is 3.92. The maximum atomic E-state index is 10.4. The number of hydrogen-bond acceptors (Lipinski definition) is 1. The number of rotatable bonds is 3. The molecule has 1 heterocycles. The fraction of sp³-hybridized carbons (Fsp3) is 0.333. The largest absolute Gasteiger partial charge is 0.369 e. The smallest absolute Gasteiger partial charge is 0.223 e. The van der Waals surface area contributed by atoms with Gasteiger partial charge in [0, 0.05) is 12.1 Å². The molecule has 0 aliphatic carbocycles. The number of primary amides is 1. The van der Waals surface area contributed by atoms with Crippen molar-refractivity contribution < 1.29 is 9.36 Å². The van der Waals surface area contributed by atoms with Crippen LogP contribution in [-0.2, 0) is 11.3 Å². The Bertz CT molecular complexity index is 266. The number of carbonyl (C=O) groups excluding carboxylic acids is 1. The maximum Gasteiger partial charge on any atom is 0.223 e. The number of nitrogens with two attached hydrogens (primary N) is 1. The minimum Gasteiger partial charge on any atom is -0.369 e. The number of carbonyl (C=O) groups is 1. The Hall–Kier alpha value is -1.38. The van der Waals surface area contributed by atoms with Crippen molar-refractivity contribution in [3.63, 3.8) is 0 Å². The highest BCUT2D eigenvalue weighted by Crippen LogP contribution is 1.89. The molecule has 1 rings (SSSR count). The second-order valence-electron chi connectivity index (χ2n) is 2.83. The minimum atomic E-state index is -0.261. The molecule has 1 aromatic heterocycles. The summed E-state index contributed by atoms with van der Waals surface area (Å²) in [5.41, 5.74) is 6.23. The number of pyridine rings is 1. The van der Waals surface area contributed by atoms with Gasteiger partial charge < -0.3 is 5.73 Å². The highest BCUT2D eigenvalue weighted by molar-refractivity contribution is 5.73. The Balaban J connectivity index is 2.53. The van der Waals surface area contributed by atoms with Gasteiger partial charge in [0.1, 0.15) is 0 Å². The minimum absolute atomic E-state index is 0.261. The molecule has 0 bridgehead atoms. The first kappa shape index (κ1) is 8.71. The van der Waals surface area contributed by atoms with Crippen molar-refractivity contribution in [3.05, 3.63) is 30.1 Å². The van der Waals surface area contributed by atoms with Crippen LogP contribution in [0, 0.1) is 6.92 Å². The Morgan fingerprint density at radius 1 is 1.50 bits per heavy atom. The quantitative estimate of drug-likeness (QED) is 0.637. The van der Waals surface area contributed by atoms with Crippen LogP contribution in [0.2, 0.25) is 0 Å². The SMILES string of the molecule is Cc1cc[n+](CCC(N)=O)cc1. The van der Waals surface area contributed by atoms with Crippen LogP contribution in [0.4, 0.5) is 0 Å². The van der Waals surface area contributed by atoms with Crippen molar-refractivity contribution in [3.8, 4) is 0 Å². The van der Waals surface area contributed by atoms with Crippen molar-refractivity contribution in [1.82, 2.24) is 0 Å². The van der Waals surface area contributed by atoms with Crippen LogP contribution in [0.25, 0.3) is 0 Å². The summed E-state index contributed by atoms with van der Waals surface area (Å²) in [5, 5.41) is 0. The first-order valence-electron chi connectivity index (χ1n) is 3.92. The van der Waals surface area contributed by atoms with Gasteiger partial charge in [0.25, 0.3) is 0 Å². The molecule has 0 radical (unpaired) electrons. The molecule has 0 aliphatic rings. The predicted molar refractivity (Wildman–Crippen MR) is 45.2 cm³/mol.